The summed E-state index contributed by atoms with van der Waals surface area (Å²) in [5, 5.41) is 3.43. The van der Waals surface area contributed by atoms with Crippen LogP contribution in [-0.4, -0.2) is 64.0 Å². The summed E-state index contributed by atoms with van der Waals surface area (Å²) in [4.78, 5) is 22.7. The molecule has 3 heterocycles. The molecule has 168 valence electrons. The molecular formula is C25H30BrN5O. The number of hydrogen-bond acceptors (Lipinski definition) is 4. The number of imidazole rings is 1. The van der Waals surface area contributed by atoms with Gasteiger partial charge in [0.1, 0.15) is 5.82 Å². The van der Waals surface area contributed by atoms with Gasteiger partial charge in [0.25, 0.3) is 0 Å². The quantitative estimate of drug-likeness (QED) is 0.597. The maximum Gasteiger partial charge on any atom is 0.227 e. The molecule has 2 aromatic carbocycles. The van der Waals surface area contributed by atoms with E-state index in [9.17, 15) is 4.79 Å². The Labute approximate surface area is 197 Å². The highest BCUT2D eigenvalue weighted by molar-refractivity contribution is 9.10. The Morgan fingerprint density at radius 1 is 1.12 bits per heavy atom. The van der Waals surface area contributed by atoms with Crippen molar-refractivity contribution in [3.63, 3.8) is 0 Å². The Balaban J connectivity index is 1.38. The molecule has 32 heavy (non-hydrogen) atoms. The molecule has 0 unspecified atom stereocenters. The van der Waals surface area contributed by atoms with Crippen LogP contribution in [0.15, 0.2) is 53.0 Å². The number of para-hydroxylation sites is 2. The fraction of sp³-hybridized carbons (Fsp3) is 0.440. The summed E-state index contributed by atoms with van der Waals surface area (Å²) in [6.07, 6.45) is 2.04. The van der Waals surface area contributed by atoms with Gasteiger partial charge in [0.15, 0.2) is 0 Å². The number of nitrogens with zero attached hydrogens (tertiary/aromatic N) is 4. The maximum absolute atomic E-state index is 13.2. The van der Waals surface area contributed by atoms with Gasteiger partial charge in [-0.1, -0.05) is 28.1 Å². The summed E-state index contributed by atoms with van der Waals surface area (Å²) in [5.41, 5.74) is 3.23. The largest absolute Gasteiger partial charge is 0.340 e. The molecule has 3 aromatic rings. The molecule has 5 rings (SSSR count). The van der Waals surface area contributed by atoms with Crippen molar-refractivity contribution in [3.05, 3.63) is 58.8 Å². The minimum absolute atomic E-state index is 0.0829. The van der Waals surface area contributed by atoms with E-state index in [0.29, 0.717) is 11.9 Å². The van der Waals surface area contributed by atoms with E-state index in [2.05, 4.69) is 85.0 Å². The number of piperazine rings is 1. The van der Waals surface area contributed by atoms with E-state index in [4.69, 9.17) is 4.98 Å². The van der Waals surface area contributed by atoms with Gasteiger partial charge < -0.3 is 10.2 Å². The Morgan fingerprint density at radius 2 is 1.94 bits per heavy atom. The van der Waals surface area contributed by atoms with Crippen LogP contribution < -0.4 is 5.32 Å². The van der Waals surface area contributed by atoms with Gasteiger partial charge in [-0.2, -0.15) is 0 Å². The third kappa shape index (κ3) is 4.47. The zero-order chi connectivity index (χ0) is 22.1. The molecular weight excluding hydrogens is 466 g/mol. The van der Waals surface area contributed by atoms with Crippen molar-refractivity contribution in [1.82, 2.24) is 24.7 Å². The topological polar surface area (TPSA) is 53.4 Å². The summed E-state index contributed by atoms with van der Waals surface area (Å²) in [6, 6.07) is 17.0. The molecule has 0 aliphatic carbocycles. The van der Waals surface area contributed by atoms with Gasteiger partial charge in [-0.15, -0.1) is 0 Å². The summed E-state index contributed by atoms with van der Waals surface area (Å²) < 4.78 is 3.32. The second kappa shape index (κ2) is 9.33. The number of fused-ring (bicyclic) bond motifs is 1. The zero-order valence-corrected chi connectivity index (χ0v) is 20.1. The smallest absolute Gasteiger partial charge is 0.227 e. The van der Waals surface area contributed by atoms with Crippen molar-refractivity contribution >= 4 is 32.9 Å². The predicted octanol–water partition coefficient (Wildman–Crippen LogP) is 3.82. The lowest BCUT2D eigenvalue weighted by molar-refractivity contribution is -0.138. The van der Waals surface area contributed by atoms with E-state index in [-0.39, 0.29) is 5.92 Å². The van der Waals surface area contributed by atoms with E-state index < -0.39 is 0 Å². The van der Waals surface area contributed by atoms with Crippen LogP contribution in [-0.2, 0) is 11.3 Å². The number of amides is 1. The number of carbonyl (C=O) groups is 1. The van der Waals surface area contributed by atoms with Crippen LogP contribution in [0.2, 0.25) is 0 Å². The molecule has 6 nitrogen and oxygen atoms in total. The monoisotopic (exact) mass is 495 g/mol. The molecule has 1 N–H and O–H groups in total. The van der Waals surface area contributed by atoms with Crippen molar-refractivity contribution in [2.45, 2.75) is 32.4 Å². The summed E-state index contributed by atoms with van der Waals surface area (Å²) in [7, 11) is 0. The molecule has 7 heteroatoms. The van der Waals surface area contributed by atoms with Crippen LogP contribution >= 0.6 is 15.9 Å². The molecule has 2 aliphatic rings. The van der Waals surface area contributed by atoms with Crippen molar-refractivity contribution in [1.29, 1.82) is 0 Å². The first-order chi connectivity index (χ1) is 15.6. The fourth-order valence-electron chi connectivity index (χ4n) is 5.05. The Morgan fingerprint density at radius 3 is 2.75 bits per heavy atom. The number of rotatable bonds is 4. The third-order valence-electron chi connectivity index (χ3n) is 6.62. The summed E-state index contributed by atoms with van der Waals surface area (Å²) >= 11 is 3.54. The minimum Gasteiger partial charge on any atom is -0.340 e. The maximum atomic E-state index is 13.2. The van der Waals surface area contributed by atoms with Gasteiger partial charge >= 0.3 is 0 Å². The number of nitrogens with one attached hydrogen (secondary N) is 1. The Hall–Kier alpha value is -2.22. The van der Waals surface area contributed by atoms with Crippen molar-refractivity contribution < 1.29 is 4.79 Å². The normalized spacial score (nSPS) is 22.4. The van der Waals surface area contributed by atoms with Crippen molar-refractivity contribution in [2.24, 2.45) is 5.92 Å². The van der Waals surface area contributed by atoms with Gasteiger partial charge in [-0.3, -0.25) is 14.3 Å². The molecule has 2 saturated heterocycles. The second-order valence-electron chi connectivity index (χ2n) is 9.04. The highest BCUT2D eigenvalue weighted by Crippen LogP contribution is 2.26. The van der Waals surface area contributed by atoms with Gasteiger partial charge in [0.05, 0.1) is 23.5 Å². The van der Waals surface area contributed by atoms with Crippen LogP contribution in [0.5, 0.6) is 0 Å². The van der Waals surface area contributed by atoms with Crippen molar-refractivity contribution in [3.8, 4) is 5.69 Å². The number of benzene rings is 2. The highest BCUT2D eigenvalue weighted by Gasteiger charge is 2.31. The van der Waals surface area contributed by atoms with E-state index in [1.807, 2.05) is 6.07 Å². The minimum atomic E-state index is 0.0829. The molecule has 2 aliphatic heterocycles. The van der Waals surface area contributed by atoms with Crippen LogP contribution in [0, 0.1) is 5.92 Å². The van der Waals surface area contributed by atoms with E-state index in [0.717, 1.165) is 79.1 Å². The molecule has 0 radical (unpaired) electrons. The molecule has 2 atom stereocenters. The van der Waals surface area contributed by atoms with Crippen molar-refractivity contribution in [2.75, 3.05) is 32.7 Å². The second-order valence-corrected chi connectivity index (χ2v) is 9.96. The molecule has 0 saturated carbocycles. The number of piperidine rings is 1. The predicted molar refractivity (Wildman–Crippen MR) is 131 cm³/mol. The fourth-order valence-corrected chi connectivity index (χ4v) is 5.32. The van der Waals surface area contributed by atoms with Gasteiger partial charge in [0.2, 0.25) is 5.91 Å². The van der Waals surface area contributed by atoms with E-state index in [1.165, 1.54) is 0 Å². The first kappa shape index (κ1) is 21.6. The van der Waals surface area contributed by atoms with Gasteiger partial charge in [-0.05, 0) is 62.7 Å². The number of likely N-dealkylation sites (tertiary alicyclic amines) is 1. The zero-order valence-electron chi connectivity index (χ0n) is 18.5. The molecule has 0 spiro atoms. The summed E-state index contributed by atoms with van der Waals surface area (Å²) in [5.74, 6) is 1.43. The molecule has 1 aromatic heterocycles. The Kier molecular flexibility index (Phi) is 6.31. The van der Waals surface area contributed by atoms with Gasteiger partial charge in [-0.25, -0.2) is 4.98 Å². The van der Waals surface area contributed by atoms with Crippen LogP contribution in [0.1, 0.15) is 25.6 Å². The highest BCUT2D eigenvalue weighted by atomic mass is 79.9. The van der Waals surface area contributed by atoms with E-state index in [1.54, 1.807) is 0 Å². The standard InChI is InChI=1S/C25H30BrN5O/c1-18-15-30(14-12-27-18)25(32)19-5-4-13-29(16-19)17-24-28-22-6-2-3-7-23(22)31(24)21-10-8-20(26)9-11-21/h2-3,6-11,18-19,27H,4-5,12-17H2,1H3/t18-,19-/m0/s1. The number of halogens is 1. The molecule has 2 fully saturated rings. The Bertz CT molecular complexity index is 1100. The number of hydrogen-bond donors (Lipinski definition) is 1. The lowest BCUT2D eigenvalue weighted by Crippen LogP contribution is -2.54. The summed E-state index contributed by atoms with van der Waals surface area (Å²) in [6.45, 7) is 7.23. The lowest BCUT2D eigenvalue weighted by Gasteiger charge is -2.38. The van der Waals surface area contributed by atoms with E-state index >= 15 is 0 Å². The average Bonchev–Trinajstić information content (AvgIpc) is 3.17. The number of aromatic nitrogens is 2. The number of carbonyl (C=O) groups excluding carboxylic acids is 1. The third-order valence-corrected chi connectivity index (χ3v) is 7.14. The van der Waals surface area contributed by atoms with Crippen LogP contribution in [0.4, 0.5) is 0 Å². The average molecular weight is 496 g/mol. The van der Waals surface area contributed by atoms with Crippen LogP contribution in [0.25, 0.3) is 16.7 Å². The first-order valence-electron chi connectivity index (χ1n) is 11.6. The molecule has 0 bridgehead atoms. The SMILES string of the molecule is C[C@H]1CN(C(=O)[C@H]2CCCN(Cc3nc4ccccc4n3-c3ccc(Br)cc3)C2)CCN1. The molecule has 1 amide bonds. The lowest BCUT2D eigenvalue weighted by atomic mass is 9.96. The van der Waals surface area contributed by atoms with Crippen LogP contribution in [0.3, 0.4) is 0 Å². The van der Waals surface area contributed by atoms with Gasteiger partial charge in [0, 0.05) is 42.4 Å². The first-order valence-corrected chi connectivity index (χ1v) is 12.3.